The lowest BCUT2D eigenvalue weighted by Crippen LogP contribution is -2.06. The van der Waals surface area contributed by atoms with Gasteiger partial charge in [0.1, 0.15) is 0 Å². The molecule has 70 valence electrons. The van der Waals surface area contributed by atoms with E-state index in [9.17, 15) is 4.79 Å². The second kappa shape index (κ2) is 3.60. The third kappa shape index (κ3) is 1.52. The third-order valence-corrected chi connectivity index (χ3v) is 2.44. The topological polar surface area (TPSA) is 29.4 Å². The van der Waals surface area contributed by atoms with Crippen molar-refractivity contribution < 1.29 is 4.79 Å². The largest absolute Gasteiger partial charge is 0.240 e. The summed E-state index contributed by atoms with van der Waals surface area (Å²) in [6.07, 6.45) is 4.65. The van der Waals surface area contributed by atoms with E-state index in [1.165, 1.54) is 5.56 Å². The van der Waals surface area contributed by atoms with Gasteiger partial charge in [0.25, 0.3) is 0 Å². The molecule has 1 aromatic carbocycles. The number of rotatable bonds is 1. The molecule has 2 rings (SSSR count). The molecular formula is C12H11NO. The number of nitrogens with zero attached hydrogens (tertiary/aromatic N) is 1. The first-order valence-corrected chi connectivity index (χ1v) is 4.69. The van der Waals surface area contributed by atoms with E-state index in [-0.39, 0.29) is 0 Å². The van der Waals surface area contributed by atoms with Crippen molar-refractivity contribution in [1.82, 2.24) is 0 Å². The Balaban J connectivity index is 2.54. The second-order valence-corrected chi connectivity index (χ2v) is 3.59. The number of carbonyl (C=O) groups excluding carboxylic acids is 1. The molecule has 0 aromatic heterocycles. The van der Waals surface area contributed by atoms with Crippen LogP contribution in [-0.2, 0) is 11.2 Å². The summed E-state index contributed by atoms with van der Waals surface area (Å²) in [5, 5.41) is 0. The minimum Gasteiger partial charge on any atom is -0.211 e. The number of benzene rings is 1. The lowest BCUT2D eigenvalue weighted by molar-refractivity contribution is 0.565. The summed E-state index contributed by atoms with van der Waals surface area (Å²) in [5.74, 6) is 0.442. The van der Waals surface area contributed by atoms with Gasteiger partial charge < -0.3 is 0 Å². The average Bonchev–Trinajstić information content (AvgIpc) is 2.18. The van der Waals surface area contributed by atoms with Gasteiger partial charge in [-0.3, -0.25) is 0 Å². The Morgan fingerprint density at radius 3 is 3.00 bits per heavy atom. The van der Waals surface area contributed by atoms with Crippen LogP contribution in [0.25, 0.3) is 5.70 Å². The molecule has 0 saturated carbocycles. The third-order valence-electron chi connectivity index (χ3n) is 2.44. The number of allylic oxidation sites excluding steroid dienone is 1. The van der Waals surface area contributed by atoms with Gasteiger partial charge in [-0.05, 0) is 17.9 Å². The van der Waals surface area contributed by atoms with Gasteiger partial charge >= 0.3 is 0 Å². The van der Waals surface area contributed by atoms with Crippen LogP contribution in [0.4, 0.5) is 0 Å². The van der Waals surface area contributed by atoms with E-state index in [1.807, 2.05) is 24.3 Å². The molecule has 0 fully saturated rings. The van der Waals surface area contributed by atoms with E-state index >= 15 is 0 Å². The number of hydrogen-bond donors (Lipinski definition) is 0. The fourth-order valence-electron chi connectivity index (χ4n) is 1.86. The summed E-state index contributed by atoms with van der Waals surface area (Å²) in [4.78, 5) is 14.0. The van der Waals surface area contributed by atoms with Crippen molar-refractivity contribution in [3.63, 3.8) is 0 Å². The normalized spacial score (nSPS) is 19.2. The number of fused-ring (bicyclic) bond motifs is 1. The van der Waals surface area contributed by atoms with Crippen molar-refractivity contribution in [3.8, 4) is 0 Å². The van der Waals surface area contributed by atoms with Crippen LogP contribution in [0.1, 0.15) is 18.1 Å². The summed E-state index contributed by atoms with van der Waals surface area (Å²) in [7, 11) is 0. The molecule has 1 aliphatic rings. The molecule has 14 heavy (non-hydrogen) atoms. The van der Waals surface area contributed by atoms with E-state index in [0.29, 0.717) is 5.92 Å². The Kier molecular flexibility index (Phi) is 2.30. The molecule has 1 atom stereocenters. The van der Waals surface area contributed by atoms with Crippen LogP contribution in [0, 0.1) is 5.92 Å². The van der Waals surface area contributed by atoms with E-state index in [1.54, 1.807) is 6.08 Å². The highest BCUT2D eigenvalue weighted by Gasteiger charge is 2.15. The maximum Gasteiger partial charge on any atom is 0.240 e. The van der Waals surface area contributed by atoms with Crippen LogP contribution in [0.3, 0.4) is 0 Å². The van der Waals surface area contributed by atoms with E-state index < -0.39 is 0 Å². The van der Waals surface area contributed by atoms with E-state index in [2.05, 4.69) is 18.0 Å². The van der Waals surface area contributed by atoms with Crippen molar-refractivity contribution in [2.24, 2.45) is 10.9 Å². The first kappa shape index (κ1) is 8.92. The fraction of sp³-hybridized carbons (Fsp3) is 0.250. The molecule has 0 heterocycles. The van der Waals surface area contributed by atoms with Gasteiger partial charge in [0.15, 0.2) is 0 Å². The van der Waals surface area contributed by atoms with Gasteiger partial charge in [-0.25, -0.2) is 4.79 Å². The molecule has 1 unspecified atom stereocenters. The Bertz CT molecular complexity index is 428. The minimum absolute atomic E-state index is 0.442. The first-order chi connectivity index (χ1) is 6.81. The molecule has 2 heteroatoms. The van der Waals surface area contributed by atoms with Crippen LogP contribution < -0.4 is 0 Å². The molecule has 0 N–H and O–H groups in total. The van der Waals surface area contributed by atoms with Gasteiger partial charge in [0, 0.05) is 5.56 Å². The number of isocyanates is 1. The lowest BCUT2D eigenvalue weighted by atomic mass is 9.89. The molecule has 1 aliphatic carbocycles. The summed E-state index contributed by atoms with van der Waals surface area (Å²) in [6.45, 7) is 2.12. The molecule has 1 aromatic rings. The predicted octanol–water partition coefficient (Wildman–Crippen LogP) is 2.56. The first-order valence-electron chi connectivity index (χ1n) is 4.69. The Hall–Kier alpha value is -1.66. The molecule has 0 aliphatic heterocycles. The number of aliphatic imine (C=N–C) groups is 1. The minimum atomic E-state index is 0.442. The highest BCUT2D eigenvalue weighted by Crippen LogP contribution is 2.29. The zero-order valence-corrected chi connectivity index (χ0v) is 8.03. The Morgan fingerprint density at radius 1 is 1.43 bits per heavy atom. The summed E-state index contributed by atoms with van der Waals surface area (Å²) in [6, 6.07) is 8.05. The summed E-state index contributed by atoms with van der Waals surface area (Å²) >= 11 is 0. The molecule has 0 bridgehead atoms. The molecule has 0 spiro atoms. The monoisotopic (exact) mass is 185 g/mol. The summed E-state index contributed by atoms with van der Waals surface area (Å²) < 4.78 is 0. The van der Waals surface area contributed by atoms with Gasteiger partial charge in [-0.15, -0.1) is 0 Å². The zero-order valence-electron chi connectivity index (χ0n) is 8.03. The maximum atomic E-state index is 10.3. The standard InChI is InChI=1S/C12H11NO/c1-9-6-10-4-2-3-5-11(10)12(7-9)13-8-14/h2-5,7,9H,6H2,1H3. The van der Waals surface area contributed by atoms with Crippen LogP contribution in [0.2, 0.25) is 0 Å². The van der Waals surface area contributed by atoms with E-state index in [0.717, 1.165) is 17.7 Å². The molecular weight excluding hydrogens is 174 g/mol. The van der Waals surface area contributed by atoms with Crippen molar-refractivity contribution in [1.29, 1.82) is 0 Å². The van der Waals surface area contributed by atoms with Crippen LogP contribution in [-0.4, -0.2) is 6.08 Å². The maximum absolute atomic E-state index is 10.3. The smallest absolute Gasteiger partial charge is 0.211 e. The van der Waals surface area contributed by atoms with Crippen molar-refractivity contribution in [2.45, 2.75) is 13.3 Å². The van der Waals surface area contributed by atoms with Gasteiger partial charge in [-0.1, -0.05) is 37.3 Å². The molecule has 0 saturated heterocycles. The average molecular weight is 185 g/mol. The SMILES string of the molecule is CC1C=C(N=C=O)c2ccccc2C1. The van der Waals surface area contributed by atoms with Crippen LogP contribution in [0.15, 0.2) is 35.3 Å². The van der Waals surface area contributed by atoms with Crippen LogP contribution >= 0.6 is 0 Å². The van der Waals surface area contributed by atoms with Gasteiger partial charge in [0.2, 0.25) is 6.08 Å². The second-order valence-electron chi connectivity index (χ2n) is 3.59. The predicted molar refractivity (Wildman–Crippen MR) is 55.4 cm³/mol. The number of hydrogen-bond acceptors (Lipinski definition) is 2. The van der Waals surface area contributed by atoms with Crippen molar-refractivity contribution in [3.05, 3.63) is 41.5 Å². The lowest BCUT2D eigenvalue weighted by Gasteiger charge is -2.18. The highest BCUT2D eigenvalue weighted by atomic mass is 16.1. The highest BCUT2D eigenvalue weighted by molar-refractivity contribution is 5.72. The molecule has 0 radical (unpaired) electrons. The van der Waals surface area contributed by atoms with Gasteiger partial charge in [0.05, 0.1) is 5.70 Å². The zero-order chi connectivity index (χ0) is 9.97. The van der Waals surface area contributed by atoms with Crippen LogP contribution in [0.5, 0.6) is 0 Å². The molecule has 0 amide bonds. The quantitative estimate of drug-likeness (QED) is 0.488. The van der Waals surface area contributed by atoms with Crippen molar-refractivity contribution >= 4 is 11.8 Å². The Labute approximate surface area is 83.0 Å². The van der Waals surface area contributed by atoms with E-state index in [4.69, 9.17) is 0 Å². The van der Waals surface area contributed by atoms with Crippen molar-refractivity contribution in [2.75, 3.05) is 0 Å². The van der Waals surface area contributed by atoms with Gasteiger partial charge in [-0.2, -0.15) is 4.99 Å². The fourth-order valence-corrected chi connectivity index (χ4v) is 1.86. The Morgan fingerprint density at radius 2 is 2.21 bits per heavy atom. The molecule has 2 nitrogen and oxygen atoms in total. The summed E-state index contributed by atoms with van der Waals surface area (Å²) in [5.41, 5.74) is 3.08.